The van der Waals surface area contributed by atoms with Crippen molar-refractivity contribution < 1.29 is 43.1 Å². The van der Waals surface area contributed by atoms with E-state index in [0.29, 0.717) is 110 Å². The highest BCUT2D eigenvalue weighted by atomic mass is 16.6. The number of nitrogens with zero attached hydrogens (tertiary/aromatic N) is 5. The quantitative estimate of drug-likeness (QED) is 0.0302. The fraction of sp³-hybridized carbons (Fsp3) is 0.390. The Bertz CT molecular complexity index is 2940. The number of amides is 8. The molecule has 0 saturated heterocycles. The molecule has 0 unspecified atom stereocenters. The number of amidine groups is 1. The van der Waals surface area contributed by atoms with Gasteiger partial charge in [-0.05, 0) is 105 Å². The third-order valence-corrected chi connectivity index (χ3v) is 13.6. The minimum Gasteiger partial charge on any atom is -0.445 e. The summed E-state index contributed by atoms with van der Waals surface area (Å²) < 4.78 is 5.71. The number of hydrogen-bond acceptors (Lipinski definition) is 13. The normalized spacial score (nSPS) is 14.4. The van der Waals surface area contributed by atoms with E-state index in [1.165, 1.54) is 12.2 Å². The van der Waals surface area contributed by atoms with E-state index in [1.54, 1.807) is 65.7 Å². The topological polar surface area (TPSA) is 281 Å². The number of aromatic nitrogens is 1. The lowest BCUT2D eigenvalue weighted by molar-refractivity contribution is -0.137. The van der Waals surface area contributed by atoms with Crippen molar-refractivity contribution in [3.05, 3.63) is 136 Å². The van der Waals surface area contributed by atoms with Gasteiger partial charge in [0.1, 0.15) is 24.5 Å². The van der Waals surface area contributed by atoms with Crippen LogP contribution in [0.1, 0.15) is 116 Å². The summed E-state index contributed by atoms with van der Waals surface area (Å²) in [6, 6.07) is 20.9. The molecule has 3 aliphatic heterocycles. The maximum absolute atomic E-state index is 13.9. The standard InChI is InChI=1S/C59H71N11O9/c1-3-27-68(28-4-2)58(77)43-32-41-19-20-42(34-49(41)65-51(61)35-43)55(74)64-46-33-44-37-69(30-25-47(44)62-36-46)59(78)79-38-40-17-21-45(22-18-40)63-56(75)48(15-10-11-26-60)67-57(76)50(31-39-13-7-5-8-14-39)66-52(71)16-9-6-12-29-70-53(72)23-24-54(70)73/h5,7-8,13-14,17-24,32-34,36,48,50H,3-4,6,9-12,15-16,25-31,35,37-38,60H2,1-2H3,(H2,61,65)(H,63,75)(H,64,74)(H,66,71)(H,67,76)/t48-,50-/m0/s1. The van der Waals surface area contributed by atoms with Crippen LogP contribution >= 0.6 is 0 Å². The number of nitrogens with one attached hydrogen (secondary N) is 4. The van der Waals surface area contributed by atoms with E-state index >= 15 is 0 Å². The number of ether oxygens (including phenoxy) is 1. The average Bonchev–Trinajstić information content (AvgIpc) is 3.73. The Morgan fingerprint density at radius 2 is 1.53 bits per heavy atom. The second-order valence-corrected chi connectivity index (χ2v) is 19.8. The number of imide groups is 1. The number of pyridine rings is 1. The van der Waals surface area contributed by atoms with E-state index in [2.05, 4.69) is 31.2 Å². The summed E-state index contributed by atoms with van der Waals surface area (Å²) in [4.78, 5) is 119. The van der Waals surface area contributed by atoms with Crippen molar-refractivity contribution in [1.29, 1.82) is 0 Å². The molecule has 0 radical (unpaired) electrons. The highest BCUT2D eigenvalue weighted by molar-refractivity contribution is 6.13. The molecule has 0 spiro atoms. The molecule has 4 heterocycles. The molecule has 4 aromatic rings. The number of rotatable bonds is 26. The molecule has 416 valence electrons. The summed E-state index contributed by atoms with van der Waals surface area (Å²) in [5.74, 6) is -2.22. The van der Waals surface area contributed by atoms with E-state index in [1.807, 2.05) is 49.1 Å². The van der Waals surface area contributed by atoms with Gasteiger partial charge >= 0.3 is 6.09 Å². The van der Waals surface area contributed by atoms with Crippen LogP contribution in [-0.4, -0.2) is 118 Å². The van der Waals surface area contributed by atoms with Gasteiger partial charge in [0, 0.05) is 92.1 Å². The Balaban J connectivity index is 0.900. The fourth-order valence-electron chi connectivity index (χ4n) is 9.47. The van der Waals surface area contributed by atoms with Crippen molar-refractivity contribution in [2.24, 2.45) is 16.5 Å². The number of benzene rings is 3. The van der Waals surface area contributed by atoms with E-state index < -0.39 is 35.9 Å². The molecule has 1 aromatic heterocycles. The van der Waals surface area contributed by atoms with Gasteiger partial charge in [0.2, 0.25) is 23.6 Å². The lowest BCUT2D eigenvalue weighted by atomic mass is 10.0. The van der Waals surface area contributed by atoms with Gasteiger partial charge in [-0.3, -0.25) is 43.4 Å². The molecule has 8 amide bonds. The van der Waals surface area contributed by atoms with Gasteiger partial charge in [0.25, 0.3) is 17.7 Å². The van der Waals surface area contributed by atoms with Crippen LogP contribution in [0.2, 0.25) is 0 Å². The summed E-state index contributed by atoms with van der Waals surface area (Å²) in [5, 5.41) is 11.5. The number of anilines is 2. The molecule has 0 aliphatic carbocycles. The van der Waals surface area contributed by atoms with E-state index in [4.69, 9.17) is 16.2 Å². The predicted octanol–water partition coefficient (Wildman–Crippen LogP) is 6.22. The fourth-order valence-corrected chi connectivity index (χ4v) is 9.47. The van der Waals surface area contributed by atoms with Gasteiger partial charge in [-0.1, -0.05) is 68.8 Å². The van der Waals surface area contributed by atoms with Gasteiger partial charge in [-0.25, -0.2) is 9.79 Å². The molecular weight excluding hydrogens is 1010 g/mol. The van der Waals surface area contributed by atoms with Crippen LogP contribution < -0.4 is 32.7 Å². The monoisotopic (exact) mass is 1080 g/mol. The average molecular weight is 1080 g/mol. The Hall–Kier alpha value is -8.52. The number of hydrogen-bond donors (Lipinski definition) is 6. The van der Waals surface area contributed by atoms with Gasteiger partial charge in [-0.2, -0.15) is 0 Å². The number of unbranched alkanes of at least 4 members (excludes halogenated alkanes) is 3. The second kappa shape index (κ2) is 28.7. The van der Waals surface area contributed by atoms with Crippen LogP contribution in [0.15, 0.2) is 108 Å². The molecule has 8 N–H and O–H groups in total. The smallest absolute Gasteiger partial charge is 0.410 e. The minimum absolute atomic E-state index is 0.0462. The molecule has 2 atom stereocenters. The van der Waals surface area contributed by atoms with E-state index in [9.17, 15) is 38.4 Å². The zero-order chi connectivity index (χ0) is 56.3. The Labute approximate surface area is 460 Å². The summed E-state index contributed by atoms with van der Waals surface area (Å²) in [6.07, 6.45) is 11.1. The lowest BCUT2D eigenvalue weighted by Crippen LogP contribution is -2.53. The lowest BCUT2D eigenvalue weighted by Gasteiger charge is -2.28. The molecule has 0 bridgehead atoms. The second-order valence-electron chi connectivity index (χ2n) is 19.8. The first-order valence-corrected chi connectivity index (χ1v) is 27.2. The Kier molecular flexibility index (Phi) is 21.2. The van der Waals surface area contributed by atoms with Gasteiger partial charge in [0.05, 0.1) is 24.1 Å². The zero-order valence-corrected chi connectivity index (χ0v) is 45.0. The molecule has 20 nitrogen and oxygen atoms in total. The summed E-state index contributed by atoms with van der Waals surface area (Å²) in [6.45, 7) is 6.56. The van der Waals surface area contributed by atoms with Crippen molar-refractivity contribution >= 4 is 76.4 Å². The van der Waals surface area contributed by atoms with Gasteiger partial charge < -0.3 is 47.3 Å². The highest BCUT2D eigenvalue weighted by Crippen LogP contribution is 2.30. The van der Waals surface area contributed by atoms with Crippen molar-refractivity contribution in [1.82, 2.24) is 30.3 Å². The maximum atomic E-state index is 13.9. The number of carbonyl (C=O) groups is 8. The number of carbonyl (C=O) groups excluding carboxylic acids is 8. The van der Waals surface area contributed by atoms with Crippen LogP contribution in [0.5, 0.6) is 0 Å². The van der Waals surface area contributed by atoms with Crippen molar-refractivity contribution in [3.8, 4) is 0 Å². The first-order chi connectivity index (χ1) is 38.2. The number of aliphatic imine (C=N–C) groups is 1. The van der Waals surface area contributed by atoms with E-state index in [-0.39, 0.29) is 68.4 Å². The third-order valence-electron chi connectivity index (χ3n) is 13.6. The largest absolute Gasteiger partial charge is 0.445 e. The number of fused-ring (bicyclic) bond motifs is 2. The third kappa shape index (κ3) is 16.7. The molecule has 0 saturated carbocycles. The van der Waals surface area contributed by atoms with Gasteiger partial charge in [0.15, 0.2) is 0 Å². The Morgan fingerprint density at radius 1 is 0.785 bits per heavy atom. The SMILES string of the molecule is CCCN(CCC)C(=O)C1=Cc2ccc(C(=O)Nc3cnc4c(c3)CN(C(=O)OCc3ccc(NC(=O)[C@H](CCCCN)NC(=O)[C@H](Cc5ccccc5)NC(=O)CCCCCN5C(=O)C=CC5=O)cc3)CC4)cc2N=C(N)C1. The molecule has 3 aromatic carbocycles. The number of nitrogens with two attached hydrogens (primary N) is 2. The predicted molar refractivity (Wildman–Crippen MR) is 300 cm³/mol. The maximum Gasteiger partial charge on any atom is 0.410 e. The highest BCUT2D eigenvalue weighted by Gasteiger charge is 2.29. The van der Waals surface area contributed by atoms with Crippen LogP contribution in [0.25, 0.3) is 6.08 Å². The minimum atomic E-state index is -0.983. The molecule has 0 fully saturated rings. The van der Waals surface area contributed by atoms with Crippen LogP contribution in [0.4, 0.5) is 21.9 Å². The van der Waals surface area contributed by atoms with Crippen LogP contribution in [-0.2, 0) is 59.5 Å². The van der Waals surface area contributed by atoms with E-state index in [0.717, 1.165) is 34.6 Å². The Morgan fingerprint density at radius 3 is 2.25 bits per heavy atom. The van der Waals surface area contributed by atoms with Crippen LogP contribution in [0, 0.1) is 0 Å². The summed E-state index contributed by atoms with van der Waals surface area (Å²) >= 11 is 0. The summed E-state index contributed by atoms with van der Waals surface area (Å²) in [5.41, 5.74) is 18.0. The molecular formula is C59H71N11O9. The zero-order valence-electron chi connectivity index (χ0n) is 45.0. The molecule has 20 heteroatoms. The van der Waals surface area contributed by atoms with Crippen molar-refractivity contribution in [3.63, 3.8) is 0 Å². The first-order valence-electron chi connectivity index (χ1n) is 27.2. The molecule has 3 aliphatic rings. The van der Waals surface area contributed by atoms with Crippen molar-refractivity contribution in [2.75, 3.05) is 43.4 Å². The molecule has 7 rings (SSSR count). The first kappa shape index (κ1) is 58.2. The van der Waals surface area contributed by atoms with Gasteiger partial charge in [-0.15, -0.1) is 0 Å². The molecule has 79 heavy (non-hydrogen) atoms. The van der Waals surface area contributed by atoms with Crippen molar-refractivity contribution in [2.45, 2.75) is 116 Å². The summed E-state index contributed by atoms with van der Waals surface area (Å²) in [7, 11) is 0. The van der Waals surface area contributed by atoms with Crippen LogP contribution in [0.3, 0.4) is 0 Å².